The molecule has 2 rings (SSSR count). The predicted octanol–water partition coefficient (Wildman–Crippen LogP) is 3.72. The maximum atomic E-state index is 12.5. The predicted molar refractivity (Wildman–Crippen MR) is 85.5 cm³/mol. The van der Waals surface area contributed by atoms with Gasteiger partial charge in [0.25, 0.3) is 5.91 Å². The highest BCUT2D eigenvalue weighted by atomic mass is 35.5. The van der Waals surface area contributed by atoms with Crippen LogP contribution < -0.4 is 5.32 Å². The van der Waals surface area contributed by atoms with E-state index in [9.17, 15) is 4.79 Å². The summed E-state index contributed by atoms with van der Waals surface area (Å²) in [5.74, 6) is 0.0855. The van der Waals surface area contributed by atoms with Crippen LogP contribution in [0.4, 0.5) is 0 Å². The van der Waals surface area contributed by atoms with Gasteiger partial charge in [0, 0.05) is 18.7 Å². The number of halogens is 2. The number of carbonyl (C=O) groups is 1. The first-order valence-electron chi connectivity index (χ1n) is 6.66. The maximum Gasteiger partial charge on any atom is 0.257 e. The number of rotatable bonds is 5. The highest BCUT2D eigenvalue weighted by molar-refractivity contribution is 6.39. The van der Waals surface area contributed by atoms with Gasteiger partial charge in [-0.3, -0.25) is 4.79 Å². The van der Waals surface area contributed by atoms with Crippen molar-refractivity contribution in [3.05, 3.63) is 39.6 Å². The molecule has 1 N–H and O–H groups in total. The van der Waals surface area contributed by atoms with Gasteiger partial charge in [-0.1, -0.05) is 34.4 Å². The van der Waals surface area contributed by atoms with Gasteiger partial charge in [-0.05, 0) is 26.0 Å². The van der Waals surface area contributed by atoms with E-state index in [2.05, 4.69) is 10.5 Å². The third-order valence-corrected chi connectivity index (χ3v) is 3.71. The molecule has 1 aromatic heterocycles. The Kier molecular flexibility index (Phi) is 5.45. The Morgan fingerprint density at radius 3 is 2.64 bits per heavy atom. The summed E-state index contributed by atoms with van der Waals surface area (Å²) in [5.41, 5.74) is 1.13. The summed E-state index contributed by atoms with van der Waals surface area (Å²) in [6.07, 6.45) is 0. The molecule has 1 atom stereocenters. The molecule has 1 aromatic carbocycles. The molecular weight excluding hydrogens is 327 g/mol. The monoisotopic (exact) mass is 342 g/mol. The Morgan fingerprint density at radius 1 is 1.41 bits per heavy atom. The number of nitrogens with one attached hydrogen (secondary N) is 1. The van der Waals surface area contributed by atoms with E-state index >= 15 is 0 Å². The van der Waals surface area contributed by atoms with Crippen LogP contribution in [-0.4, -0.2) is 30.8 Å². The minimum atomic E-state index is -0.311. The number of aryl methyl sites for hydroxylation is 1. The molecule has 0 aliphatic rings. The molecule has 7 heteroatoms. The molecule has 2 aromatic rings. The van der Waals surface area contributed by atoms with E-state index in [0.29, 0.717) is 39.2 Å². The van der Waals surface area contributed by atoms with Crippen LogP contribution in [-0.2, 0) is 4.74 Å². The molecule has 0 fully saturated rings. The Hall–Kier alpha value is -1.56. The number of amides is 1. The van der Waals surface area contributed by atoms with Crippen molar-refractivity contribution in [2.24, 2.45) is 0 Å². The first-order valence-corrected chi connectivity index (χ1v) is 7.41. The minimum absolute atomic E-state index is 0.152. The molecule has 0 aliphatic carbocycles. The Bertz CT molecular complexity index is 665. The van der Waals surface area contributed by atoms with Crippen LogP contribution in [0.1, 0.15) is 23.0 Å². The lowest BCUT2D eigenvalue weighted by atomic mass is 10.1. The standard InChI is InChI=1S/C15H16Cl2N2O3/c1-8(7-21-3)18-15(20)12-9(2)22-19-14(12)13-10(16)5-4-6-11(13)17/h4-6,8H,7H2,1-3H3,(H,18,20)/t8-/m0/s1. The van der Waals surface area contributed by atoms with Crippen LogP contribution >= 0.6 is 23.2 Å². The molecule has 0 radical (unpaired) electrons. The van der Waals surface area contributed by atoms with Gasteiger partial charge >= 0.3 is 0 Å². The van der Waals surface area contributed by atoms with Crippen molar-refractivity contribution in [2.45, 2.75) is 19.9 Å². The van der Waals surface area contributed by atoms with E-state index in [0.717, 1.165) is 0 Å². The Balaban J connectivity index is 2.42. The number of hydrogen-bond donors (Lipinski definition) is 1. The van der Waals surface area contributed by atoms with Crippen molar-refractivity contribution in [2.75, 3.05) is 13.7 Å². The van der Waals surface area contributed by atoms with Crippen LogP contribution in [0, 0.1) is 6.92 Å². The van der Waals surface area contributed by atoms with E-state index in [1.165, 1.54) is 0 Å². The average molecular weight is 343 g/mol. The second-order valence-electron chi connectivity index (χ2n) is 4.89. The van der Waals surface area contributed by atoms with E-state index < -0.39 is 0 Å². The van der Waals surface area contributed by atoms with E-state index in [-0.39, 0.29) is 11.9 Å². The molecule has 5 nitrogen and oxygen atoms in total. The summed E-state index contributed by atoms with van der Waals surface area (Å²) in [6.45, 7) is 3.90. The van der Waals surface area contributed by atoms with Crippen LogP contribution in [0.3, 0.4) is 0 Å². The van der Waals surface area contributed by atoms with Crippen LogP contribution in [0.25, 0.3) is 11.3 Å². The normalized spacial score (nSPS) is 12.2. The summed E-state index contributed by atoms with van der Waals surface area (Å²) in [7, 11) is 1.57. The van der Waals surface area contributed by atoms with Crippen molar-refractivity contribution < 1.29 is 14.1 Å². The highest BCUT2D eigenvalue weighted by Gasteiger charge is 2.25. The number of carbonyl (C=O) groups excluding carboxylic acids is 1. The molecule has 0 bridgehead atoms. The van der Waals surface area contributed by atoms with Crippen LogP contribution in [0.15, 0.2) is 22.7 Å². The zero-order chi connectivity index (χ0) is 16.3. The fraction of sp³-hybridized carbons (Fsp3) is 0.333. The van der Waals surface area contributed by atoms with Crippen molar-refractivity contribution in [1.82, 2.24) is 10.5 Å². The summed E-state index contributed by atoms with van der Waals surface area (Å²) >= 11 is 12.4. The molecular formula is C15H16Cl2N2O3. The lowest BCUT2D eigenvalue weighted by Gasteiger charge is -2.13. The molecule has 118 valence electrons. The number of hydrogen-bond acceptors (Lipinski definition) is 4. The minimum Gasteiger partial charge on any atom is -0.383 e. The van der Waals surface area contributed by atoms with Crippen LogP contribution in [0.5, 0.6) is 0 Å². The summed E-state index contributed by atoms with van der Waals surface area (Å²) in [6, 6.07) is 4.94. The van der Waals surface area contributed by atoms with Gasteiger partial charge < -0.3 is 14.6 Å². The van der Waals surface area contributed by atoms with Gasteiger partial charge in [0.05, 0.1) is 16.7 Å². The van der Waals surface area contributed by atoms with Crippen molar-refractivity contribution in [3.8, 4) is 11.3 Å². The first kappa shape index (κ1) is 16.8. The number of benzene rings is 1. The number of methoxy groups -OCH3 is 1. The fourth-order valence-corrected chi connectivity index (χ4v) is 2.70. The second-order valence-corrected chi connectivity index (χ2v) is 5.70. The molecule has 0 saturated heterocycles. The van der Waals surface area contributed by atoms with Crippen LogP contribution in [0.2, 0.25) is 10.0 Å². The van der Waals surface area contributed by atoms with Gasteiger partial charge in [-0.2, -0.15) is 0 Å². The lowest BCUT2D eigenvalue weighted by Crippen LogP contribution is -2.36. The summed E-state index contributed by atoms with van der Waals surface area (Å²) < 4.78 is 10.2. The third-order valence-electron chi connectivity index (χ3n) is 3.08. The van der Waals surface area contributed by atoms with Gasteiger partial charge in [0.1, 0.15) is 17.0 Å². The topological polar surface area (TPSA) is 64.4 Å². The van der Waals surface area contributed by atoms with Crippen molar-refractivity contribution >= 4 is 29.1 Å². The second kappa shape index (κ2) is 7.13. The molecule has 0 spiro atoms. The molecule has 22 heavy (non-hydrogen) atoms. The van der Waals surface area contributed by atoms with Crippen molar-refractivity contribution in [3.63, 3.8) is 0 Å². The lowest BCUT2D eigenvalue weighted by molar-refractivity contribution is 0.0904. The first-order chi connectivity index (χ1) is 10.5. The van der Waals surface area contributed by atoms with Gasteiger partial charge in [0.15, 0.2) is 0 Å². The van der Waals surface area contributed by atoms with E-state index in [4.69, 9.17) is 32.5 Å². The third kappa shape index (κ3) is 3.43. The van der Waals surface area contributed by atoms with Gasteiger partial charge in [-0.25, -0.2) is 0 Å². The Labute approximate surface area is 138 Å². The molecule has 0 unspecified atom stereocenters. The molecule has 1 amide bonds. The Morgan fingerprint density at radius 2 is 2.05 bits per heavy atom. The van der Waals surface area contributed by atoms with Gasteiger partial charge in [-0.15, -0.1) is 0 Å². The fourth-order valence-electron chi connectivity index (χ4n) is 2.12. The summed E-state index contributed by atoms with van der Waals surface area (Å²) in [5, 5.41) is 7.57. The summed E-state index contributed by atoms with van der Waals surface area (Å²) in [4.78, 5) is 12.5. The molecule has 1 heterocycles. The largest absolute Gasteiger partial charge is 0.383 e. The van der Waals surface area contributed by atoms with Gasteiger partial charge in [0.2, 0.25) is 0 Å². The quantitative estimate of drug-likeness (QED) is 0.899. The number of ether oxygens (including phenoxy) is 1. The number of aromatic nitrogens is 1. The SMILES string of the molecule is COC[C@H](C)NC(=O)c1c(-c2c(Cl)cccc2Cl)noc1C. The molecule has 0 saturated carbocycles. The van der Waals surface area contributed by atoms with E-state index in [1.54, 1.807) is 32.2 Å². The smallest absolute Gasteiger partial charge is 0.257 e. The molecule has 0 aliphatic heterocycles. The average Bonchev–Trinajstić information content (AvgIpc) is 2.80. The zero-order valence-corrected chi connectivity index (χ0v) is 14.0. The number of nitrogens with zero attached hydrogens (tertiary/aromatic N) is 1. The zero-order valence-electron chi connectivity index (χ0n) is 12.4. The van der Waals surface area contributed by atoms with E-state index in [1.807, 2.05) is 6.92 Å². The maximum absolute atomic E-state index is 12.5. The highest BCUT2D eigenvalue weighted by Crippen LogP contribution is 2.36. The van der Waals surface area contributed by atoms with Crippen molar-refractivity contribution in [1.29, 1.82) is 0 Å².